The molecule has 60 valence electrons. The maximum atomic E-state index is 10.1. The maximum absolute atomic E-state index is 10.1. The Balaban J connectivity index is 3.21. The minimum atomic E-state index is -0.946. The summed E-state index contributed by atoms with van der Waals surface area (Å²) in [5.74, 6) is -0.946. The largest absolute Gasteiger partial charge is 0.480 e. The van der Waals surface area contributed by atoms with E-state index in [0.29, 0.717) is 13.0 Å². The van der Waals surface area contributed by atoms with Crippen molar-refractivity contribution in [2.75, 3.05) is 6.54 Å². The zero-order valence-electron chi connectivity index (χ0n) is 5.72. The van der Waals surface area contributed by atoms with Gasteiger partial charge in [-0.3, -0.25) is 4.79 Å². The average Bonchev–Trinajstić information content (AvgIpc) is 1.88. The number of carboxylic acid groups (broad SMARTS) is 1. The summed E-state index contributed by atoms with van der Waals surface area (Å²) in [6.07, 6.45) is 2.14. The molecule has 0 saturated heterocycles. The normalized spacial score (nSPS) is 13.0. The Morgan fingerprint density at radius 3 is 2.60 bits per heavy atom. The van der Waals surface area contributed by atoms with Crippen molar-refractivity contribution in [3.8, 4) is 0 Å². The van der Waals surface area contributed by atoms with Gasteiger partial charge >= 0.3 is 5.97 Å². The van der Waals surface area contributed by atoms with Crippen molar-refractivity contribution in [2.24, 2.45) is 5.73 Å². The number of nitrogens with two attached hydrogens (primary N) is 1. The lowest BCUT2D eigenvalue weighted by atomic mass is 10.2. The van der Waals surface area contributed by atoms with Gasteiger partial charge in [-0.05, 0) is 19.4 Å². The van der Waals surface area contributed by atoms with Crippen LogP contribution in [0.3, 0.4) is 0 Å². The number of carboxylic acids is 1. The third-order valence-electron chi connectivity index (χ3n) is 1.18. The summed E-state index contributed by atoms with van der Waals surface area (Å²) in [6.45, 7) is 0.600. The van der Waals surface area contributed by atoms with E-state index >= 15 is 0 Å². The molecule has 0 aromatic carbocycles. The molecule has 1 atom stereocenters. The molecule has 3 N–H and O–H groups in total. The Morgan fingerprint density at radius 2 is 2.20 bits per heavy atom. The molecule has 0 rings (SSSR count). The summed E-state index contributed by atoms with van der Waals surface area (Å²) in [4.78, 5) is 10.1. The van der Waals surface area contributed by atoms with E-state index < -0.39 is 11.3 Å². The minimum Gasteiger partial charge on any atom is -0.480 e. The molecule has 0 fully saturated rings. The molecule has 0 spiro atoms. The fraction of sp³-hybridized carbons (Fsp3) is 0.833. The van der Waals surface area contributed by atoms with Gasteiger partial charge in [-0.15, -0.1) is 11.6 Å². The molecule has 0 aromatic rings. The Bertz CT molecular complexity index is 108. The van der Waals surface area contributed by atoms with Crippen molar-refractivity contribution >= 4 is 17.6 Å². The summed E-state index contributed by atoms with van der Waals surface area (Å²) in [5.41, 5.74) is 5.20. The lowest BCUT2D eigenvalue weighted by Gasteiger charge is -2.01. The minimum absolute atomic E-state index is 0.508. The molecule has 0 amide bonds. The smallest absolute Gasteiger partial charge is 0.321 e. The van der Waals surface area contributed by atoms with E-state index in [-0.39, 0.29) is 0 Å². The molecule has 3 nitrogen and oxygen atoms in total. The fourth-order valence-corrected chi connectivity index (χ4v) is 0.746. The molecule has 4 heteroatoms. The second-order valence-corrected chi connectivity index (χ2v) is 2.62. The van der Waals surface area contributed by atoms with E-state index in [4.69, 9.17) is 22.4 Å². The zero-order valence-corrected chi connectivity index (χ0v) is 6.47. The number of rotatable bonds is 5. The van der Waals surface area contributed by atoms with Gasteiger partial charge in [0.15, 0.2) is 0 Å². The molecule has 0 aliphatic carbocycles. The van der Waals surface area contributed by atoms with Crippen molar-refractivity contribution in [3.05, 3.63) is 0 Å². The standard InChI is InChI=1S/C6H12ClNO2/c7-5(6(9)10)3-1-2-4-8/h5H,1-4,8H2,(H,9,10). The predicted octanol–water partition coefficient (Wildman–Crippen LogP) is 0.807. The highest BCUT2D eigenvalue weighted by molar-refractivity contribution is 6.29. The van der Waals surface area contributed by atoms with E-state index in [9.17, 15) is 4.79 Å². The van der Waals surface area contributed by atoms with Crippen LogP contribution in [-0.2, 0) is 4.79 Å². The Kier molecular flexibility index (Phi) is 5.35. The van der Waals surface area contributed by atoms with Crippen molar-refractivity contribution in [1.29, 1.82) is 0 Å². The highest BCUT2D eigenvalue weighted by atomic mass is 35.5. The van der Waals surface area contributed by atoms with Crippen LogP contribution < -0.4 is 5.73 Å². The lowest BCUT2D eigenvalue weighted by Crippen LogP contribution is -2.13. The van der Waals surface area contributed by atoms with Crippen LogP contribution in [0.15, 0.2) is 0 Å². The van der Waals surface area contributed by atoms with Gasteiger partial charge in [0.1, 0.15) is 5.38 Å². The van der Waals surface area contributed by atoms with Gasteiger partial charge < -0.3 is 10.8 Å². The molecule has 0 aliphatic heterocycles. The van der Waals surface area contributed by atoms with Crippen LogP contribution in [0.2, 0.25) is 0 Å². The first-order chi connectivity index (χ1) is 4.68. The second-order valence-electron chi connectivity index (χ2n) is 2.09. The monoisotopic (exact) mass is 165 g/mol. The van der Waals surface area contributed by atoms with Crippen LogP contribution in [0.1, 0.15) is 19.3 Å². The third kappa shape index (κ3) is 4.58. The van der Waals surface area contributed by atoms with E-state index in [1.54, 1.807) is 0 Å². The van der Waals surface area contributed by atoms with Crippen molar-refractivity contribution in [3.63, 3.8) is 0 Å². The molecule has 10 heavy (non-hydrogen) atoms. The first-order valence-corrected chi connectivity index (χ1v) is 3.69. The Labute approximate surface area is 65.2 Å². The van der Waals surface area contributed by atoms with Crippen LogP contribution in [0, 0.1) is 0 Å². The van der Waals surface area contributed by atoms with E-state index in [1.807, 2.05) is 0 Å². The molecule has 0 aliphatic rings. The summed E-state index contributed by atoms with van der Waals surface area (Å²) in [7, 11) is 0. The van der Waals surface area contributed by atoms with Gasteiger partial charge in [0.25, 0.3) is 0 Å². The molecule has 0 bridgehead atoms. The number of hydrogen-bond acceptors (Lipinski definition) is 2. The van der Waals surface area contributed by atoms with Crippen molar-refractivity contribution in [2.45, 2.75) is 24.6 Å². The number of alkyl halides is 1. The van der Waals surface area contributed by atoms with Crippen LogP contribution in [0.25, 0.3) is 0 Å². The lowest BCUT2D eigenvalue weighted by molar-refractivity contribution is -0.136. The molecule has 0 heterocycles. The topological polar surface area (TPSA) is 63.3 Å². The summed E-state index contributed by atoms with van der Waals surface area (Å²) in [5, 5.41) is 7.57. The van der Waals surface area contributed by atoms with E-state index in [1.165, 1.54) is 0 Å². The van der Waals surface area contributed by atoms with Gasteiger partial charge in [-0.2, -0.15) is 0 Å². The maximum Gasteiger partial charge on any atom is 0.321 e. The SMILES string of the molecule is NCCCCC(Cl)C(=O)O. The fourth-order valence-electron chi connectivity index (χ4n) is 0.591. The first-order valence-electron chi connectivity index (χ1n) is 3.25. The Hall–Kier alpha value is -0.280. The summed E-state index contributed by atoms with van der Waals surface area (Å²) >= 11 is 5.41. The molecular formula is C6H12ClNO2. The number of carbonyl (C=O) groups is 1. The quantitative estimate of drug-likeness (QED) is 0.468. The van der Waals surface area contributed by atoms with Crippen molar-refractivity contribution in [1.82, 2.24) is 0 Å². The molecule has 1 unspecified atom stereocenters. The molecule has 0 radical (unpaired) electrons. The van der Waals surface area contributed by atoms with Crippen molar-refractivity contribution < 1.29 is 9.90 Å². The average molecular weight is 166 g/mol. The number of halogens is 1. The summed E-state index contributed by atoms with van der Waals surface area (Å²) in [6, 6.07) is 0. The highest BCUT2D eigenvalue weighted by Crippen LogP contribution is 2.06. The molecule has 0 aromatic heterocycles. The third-order valence-corrected chi connectivity index (χ3v) is 1.58. The van der Waals surface area contributed by atoms with Gasteiger partial charge in [-0.1, -0.05) is 6.42 Å². The van der Waals surface area contributed by atoms with Crippen LogP contribution in [0.4, 0.5) is 0 Å². The van der Waals surface area contributed by atoms with E-state index in [2.05, 4.69) is 0 Å². The van der Waals surface area contributed by atoms with Gasteiger partial charge in [0.05, 0.1) is 0 Å². The van der Waals surface area contributed by atoms with Crippen LogP contribution in [0.5, 0.6) is 0 Å². The van der Waals surface area contributed by atoms with Gasteiger partial charge in [-0.25, -0.2) is 0 Å². The van der Waals surface area contributed by atoms with Crippen LogP contribution in [-0.4, -0.2) is 23.0 Å². The molecule has 0 saturated carbocycles. The summed E-state index contributed by atoms with van der Waals surface area (Å²) < 4.78 is 0. The van der Waals surface area contributed by atoms with Gasteiger partial charge in [0.2, 0.25) is 0 Å². The van der Waals surface area contributed by atoms with E-state index in [0.717, 1.165) is 12.8 Å². The number of aliphatic carboxylic acids is 1. The predicted molar refractivity (Wildman–Crippen MR) is 40.2 cm³/mol. The van der Waals surface area contributed by atoms with Crippen LogP contribution >= 0.6 is 11.6 Å². The first kappa shape index (κ1) is 9.72. The Morgan fingerprint density at radius 1 is 1.60 bits per heavy atom. The highest BCUT2D eigenvalue weighted by Gasteiger charge is 2.11. The molecular weight excluding hydrogens is 154 g/mol. The number of unbranched alkanes of at least 4 members (excludes halogenated alkanes) is 1. The zero-order chi connectivity index (χ0) is 7.98. The van der Waals surface area contributed by atoms with Gasteiger partial charge in [0, 0.05) is 0 Å². The second kappa shape index (κ2) is 5.50. The number of hydrogen-bond donors (Lipinski definition) is 2.